The highest BCUT2D eigenvalue weighted by atomic mass is 35.5. The topological polar surface area (TPSA) is 62.5 Å². The van der Waals surface area contributed by atoms with Crippen LogP contribution in [0.15, 0.2) is 41.0 Å². The molecule has 4 nitrogen and oxygen atoms in total. The largest absolute Gasteiger partial charge is 0.478 e. The van der Waals surface area contributed by atoms with Crippen LogP contribution in [0.25, 0.3) is 0 Å². The zero-order valence-electron chi connectivity index (χ0n) is 8.81. The van der Waals surface area contributed by atoms with Crippen LogP contribution in [0.3, 0.4) is 0 Å². The van der Waals surface area contributed by atoms with Gasteiger partial charge in [-0.15, -0.1) is 0 Å². The maximum absolute atomic E-state index is 11.1. The molecule has 0 unspecified atom stereocenters. The number of nitrogens with one attached hydrogen (secondary N) is 1. The summed E-state index contributed by atoms with van der Waals surface area (Å²) in [6.45, 7) is 0.410. The van der Waals surface area contributed by atoms with Crippen molar-refractivity contribution < 1.29 is 14.3 Å². The van der Waals surface area contributed by atoms with E-state index in [0.717, 1.165) is 5.76 Å². The molecule has 17 heavy (non-hydrogen) atoms. The molecule has 0 saturated heterocycles. The molecule has 0 spiro atoms. The standard InChI is InChI=1S/C12H10ClNO3/c13-9-4-1-5-10(11(9)12(15)16)14-7-8-3-2-6-17-8/h1-6,14H,7H2,(H,15,16). The number of furan rings is 1. The summed E-state index contributed by atoms with van der Waals surface area (Å²) >= 11 is 5.84. The summed E-state index contributed by atoms with van der Waals surface area (Å²) in [5, 5.41) is 12.2. The third kappa shape index (κ3) is 2.60. The van der Waals surface area contributed by atoms with Crippen molar-refractivity contribution in [2.24, 2.45) is 0 Å². The van der Waals surface area contributed by atoms with Crippen LogP contribution >= 0.6 is 11.6 Å². The quantitative estimate of drug-likeness (QED) is 0.876. The number of carboxylic acid groups (broad SMARTS) is 1. The zero-order valence-corrected chi connectivity index (χ0v) is 9.57. The van der Waals surface area contributed by atoms with Crippen LogP contribution in [-0.2, 0) is 6.54 Å². The Morgan fingerprint density at radius 3 is 2.82 bits per heavy atom. The van der Waals surface area contributed by atoms with E-state index in [1.54, 1.807) is 36.6 Å². The Morgan fingerprint density at radius 2 is 2.18 bits per heavy atom. The Bertz CT molecular complexity index is 523. The van der Waals surface area contributed by atoms with Gasteiger partial charge in [0.1, 0.15) is 11.3 Å². The lowest BCUT2D eigenvalue weighted by Gasteiger charge is -2.09. The number of hydrogen-bond acceptors (Lipinski definition) is 3. The molecule has 88 valence electrons. The summed E-state index contributed by atoms with van der Waals surface area (Å²) < 4.78 is 5.14. The summed E-state index contributed by atoms with van der Waals surface area (Å²) in [6, 6.07) is 8.48. The van der Waals surface area contributed by atoms with Gasteiger partial charge in [0.25, 0.3) is 0 Å². The Morgan fingerprint density at radius 1 is 1.35 bits per heavy atom. The highest BCUT2D eigenvalue weighted by Crippen LogP contribution is 2.24. The Kier molecular flexibility index (Phi) is 3.35. The second-order valence-electron chi connectivity index (χ2n) is 3.40. The van der Waals surface area contributed by atoms with Crippen molar-refractivity contribution in [3.05, 3.63) is 52.9 Å². The Labute approximate surface area is 103 Å². The summed E-state index contributed by atoms with van der Waals surface area (Å²) in [5.74, 6) is -0.334. The highest BCUT2D eigenvalue weighted by molar-refractivity contribution is 6.34. The lowest BCUT2D eigenvalue weighted by molar-refractivity contribution is 0.0698. The third-order valence-corrected chi connectivity index (χ3v) is 2.58. The van der Waals surface area contributed by atoms with Gasteiger partial charge in [0.05, 0.1) is 23.5 Å². The smallest absolute Gasteiger partial charge is 0.339 e. The first kappa shape index (κ1) is 11.5. The first-order valence-electron chi connectivity index (χ1n) is 4.96. The number of carbonyl (C=O) groups is 1. The summed E-state index contributed by atoms with van der Waals surface area (Å²) in [5.41, 5.74) is 0.544. The molecule has 1 aromatic carbocycles. The predicted molar refractivity (Wildman–Crippen MR) is 64.4 cm³/mol. The maximum atomic E-state index is 11.1. The van der Waals surface area contributed by atoms with Crippen LogP contribution in [0.1, 0.15) is 16.1 Å². The normalized spacial score (nSPS) is 10.2. The van der Waals surface area contributed by atoms with Gasteiger partial charge in [-0.25, -0.2) is 4.79 Å². The molecular weight excluding hydrogens is 242 g/mol. The van der Waals surface area contributed by atoms with Crippen molar-refractivity contribution >= 4 is 23.3 Å². The number of carboxylic acids is 1. The van der Waals surface area contributed by atoms with Gasteiger partial charge >= 0.3 is 5.97 Å². The minimum absolute atomic E-state index is 0.0701. The minimum atomic E-state index is -1.06. The lowest BCUT2D eigenvalue weighted by Crippen LogP contribution is -2.06. The first-order chi connectivity index (χ1) is 8.18. The van der Waals surface area contributed by atoms with E-state index in [2.05, 4.69) is 5.32 Å². The van der Waals surface area contributed by atoms with E-state index in [1.165, 1.54) is 0 Å². The van der Waals surface area contributed by atoms with Gasteiger partial charge in [-0.1, -0.05) is 17.7 Å². The van der Waals surface area contributed by atoms with Crippen molar-refractivity contribution in [1.29, 1.82) is 0 Å². The van der Waals surface area contributed by atoms with E-state index < -0.39 is 5.97 Å². The molecular formula is C12H10ClNO3. The third-order valence-electron chi connectivity index (χ3n) is 2.26. The molecule has 1 heterocycles. The number of anilines is 1. The molecule has 0 aliphatic heterocycles. The van der Waals surface area contributed by atoms with Crippen molar-refractivity contribution in [2.75, 3.05) is 5.32 Å². The minimum Gasteiger partial charge on any atom is -0.478 e. The summed E-state index contributed by atoms with van der Waals surface area (Å²) in [4.78, 5) is 11.1. The van der Waals surface area contributed by atoms with Crippen LogP contribution in [-0.4, -0.2) is 11.1 Å². The van der Waals surface area contributed by atoms with E-state index >= 15 is 0 Å². The molecule has 2 aromatic rings. The van der Waals surface area contributed by atoms with E-state index in [0.29, 0.717) is 12.2 Å². The number of benzene rings is 1. The van der Waals surface area contributed by atoms with Crippen LogP contribution in [0.2, 0.25) is 5.02 Å². The molecule has 2 N–H and O–H groups in total. The fourth-order valence-corrected chi connectivity index (χ4v) is 1.74. The van der Waals surface area contributed by atoms with Gasteiger partial charge < -0.3 is 14.8 Å². The summed E-state index contributed by atoms with van der Waals surface area (Å²) in [7, 11) is 0. The van der Waals surface area contributed by atoms with Gasteiger partial charge in [0, 0.05) is 0 Å². The van der Waals surface area contributed by atoms with Gasteiger partial charge in [-0.05, 0) is 24.3 Å². The molecule has 0 aliphatic carbocycles. The fraction of sp³-hybridized carbons (Fsp3) is 0.0833. The molecule has 0 saturated carbocycles. The van der Waals surface area contributed by atoms with Crippen LogP contribution in [0.4, 0.5) is 5.69 Å². The Balaban J connectivity index is 2.21. The predicted octanol–water partition coefficient (Wildman–Crippen LogP) is 3.24. The molecule has 1 aromatic heterocycles. The molecule has 0 atom stereocenters. The van der Waals surface area contributed by atoms with E-state index in [-0.39, 0.29) is 10.6 Å². The van der Waals surface area contributed by atoms with E-state index in [4.69, 9.17) is 21.1 Å². The van der Waals surface area contributed by atoms with Gasteiger partial charge in [0.2, 0.25) is 0 Å². The second kappa shape index (κ2) is 4.93. The average Bonchev–Trinajstić information content (AvgIpc) is 2.78. The van der Waals surface area contributed by atoms with E-state index in [1.807, 2.05) is 0 Å². The first-order valence-corrected chi connectivity index (χ1v) is 5.34. The number of hydrogen-bond donors (Lipinski definition) is 2. The molecule has 0 bridgehead atoms. The lowest BCUT2D eigenvalue weighted by atomic mass is 10.1. The fourth-order valence-electron chi connectivity index (χ4n) is 1.48. The van der Waals surface area contributed by atoms with Gasteiger partial charge in [0.15, 0.2) is 0 Å². The molecule has 2 rings (SSSR count). The van der Waals surface area contributed by atoms with E-state index in [9.17, 15) is 4.79 Å². The van der Waals surface area contributed by atoms with Crippen LogP contribution in [0, 0.1) is 0 Å². The molecule has 0 fully saturated rings. The maximum Gasteiger partial charge on any atom is 0.339 e. The van der Waals surface area contributed by atoms with Gasteiger partial charge in [-0.3, -0.25) is 0 Å². The zero-order chi connectivity index (χ0) is 12.3. The molecule has 0 amide bonds. The number of halogens is 1. The van der Waals surface area contributed by atoms with Crippen molar-refractivity contribution in [3.8, 4) is 0 Å². The summed E-state index contributed by atoms with van der Waals surface area (Å²) in [6.07, 6.45) is 1.56. The van der Waals surface area contributed by atoms with Crippen LogP contribution < -0.4 is 5.32 Å². The number of rotatable bonds is 4. The van der Waals surface area contributed by atoms with Crippen LogP contribution in [0.5, 0.6) is 0 Å². The monoisotopic (exact) mass is 251 g/mol. The Hall–Kier alpha value is -1.94. The second-order valence-corrected chi connectivity index (χ2v) is 3.81. The molecule has 0 aliphatic rings. The van der Waals surface area contributed by atoms with Crippen molar-refractivity contribution in [2.45, 2.75) is 6.54 Å². The van der Waals surface area contributed by atoms with Gasteiger partial charge in [-0.2, -0.15) is 0 Å². The molecule has 0 radical (unpaired) electrons. The SMILES string of the molecule is O=C(O)c1c(Cl)cccc1NCc1ccco1. The highest BCUT2D eigenvalue weighted by Gasteiger charge is 2.13. The number of aromatic carboxylic acids is 1. The molecule has 5 heteroatoms. The van der Waals surface area contributed by atoms with Crippen molar-refractivity contribution in [1.82, 2.24) is 0 Å². The van der Waals surface area contributed by atoms with Crippen molar-refractivity contribution in [3.63, 3.8) is 0 Å². The average molecular weight is 252 g/mol.